The van der Waals surface area contributed by atoms with Crippen molar-refractivity contribution >= 4 is 28.4 Å². The van der Waals surface area contributed by atoms with Crippen LogP contribution in [0.4, 0.5) is 0 Å². The SMILES string of the molecule is Cc1ccc2[nH]c(=O)c(CN(CCO)C(=O)c3cccc(Cl)c3)cc2c1. The quantitative estimate of drug-likeness (QED) is 0.724. The first kappa shape index (κ1) is 18.2. The zero-order valence-electron chi connectivity index (χ0n) is 14.3. The van der Waals surface area contributed by atoms with Gasteiger partial charge in [0.1, 0.15) is 0 Å². The second-order valence-corrected chi connectivity index (χ2v) is 6.61. The van der Waals surface area contributed by atoms with Crippen molar-refractivity contribution < 1.29 is 9.90 Å². The summed E-state index contributed by atoms with van der Waals surface area (Å²) >= 11 is 5.96. The van der Waals surface area contributed by atoms with E-state index >= 15 is 0 Å². The Labute approximate surface area is 155 Å². The molecule has 6 heteroatoms. The van der Waals surface area contributed by atoms with Gasteiger partial charge in [-0.3, -0.25) is 9.59 Å². The molecule has 1 amide bonds. The number of halogens is 1. The second kappa shape index (κ2) is 7.72. The molecular formula is C20H19ClN2O3. The maximum absolute atomic E-state index is 12.8. The average Bonchev–Trinajstić information content (AvgIpc) is 2.61. The number of benzene rings is 2. The predicted molar refractivity (Wildman–Crippen MR) is 103 cm³/mol. The number of aromatic amines is 1. The van der Waals surface area contributed by atoms with Crippen molar-refractivity contribution in [1.82, 2.24) is 9.88 Å². The molecule has 2 N–H and O–H groups in total. The molecule has 1 heterocycles. The summed E-state index contributed by atoms with van der Waals surface area (Å²) < 4.78 is 0. The van der Waals surface area contributed by atoms with Crippen molar-refractivity contribution in [3.8, 4) is 0 Å². The molecule has 0 spiro atoms. The summed E-state index contributed by atoms with van der Waals surface area (Å²) in [6.07, 6.45) is 0. The summed E-state index contributed by atoms with van der Waals surface area (Å²) in [5, 5.41) is 10.7. The molecule has 0 saturated heterocycles. The highest BCUT2D eigenvalue weighted by molar-refractivity contribution is 6.30. The minimum Gasteiger partial charge on any atom is -0.395 e. The minimum atomic E-state index is -0.287. The van der Waals surface area contributed by atoms with Gasteiger partial charge in [-0.15, -0.1) is 0 Å². The van der Waals surface area contributed by atoms with Crippen LogP contribution in [0.2, 0.25) is 5.02 Å². The Bertz CT molecular complexity index is 1010. The number of fused-ring (bicyclic) bond motifs is 1. The monoisotopic (exact) mass is 370 g/mol. The van der Waals surface area contributed by atoms with E-state index in [1.807, 2.05) is 25.1 Å². The van der Waals surface area contributed by atoms with Gasteiger partial charge in [0.2, 0.25) is 0 Å². The zero-order chi connectivity index (χ0) is 18.7. The smallest absolute Gasteiger partial charge is 0.254 e. The number of nitrogens with one attached hydrogen (secondary N) is 1. The highest BCUT2D eigenvalue weighted by Crippen LogP contribution is 2.16. The fourth-order valence-corrected chi connectivity index (χ4v) is 3.06. The summed E-state index contributed by atoms with van der Waals surface area (Å²) in [5.41, 5.74) is 2.46. The Balaban J connectivity index is 1.95. The van der Waals surface area contributed by atoms with Crippen LogP contribution in [0.15, 0.2) is 53.3 Å². The lowest BCUT2D eigenvalue weighted by atomic mass is 10.1. The van der Waals surface area contributed by atoms with Crippen LogP contribution in [0.1, 0.15) is 21.5 Å². The van der Waals surface area contributed by atoms with Gasteiger partial charge >= 0.3 is 0 Å². The molecule has 0 fully saturated rings. The molecule has 3 rings (SSSR count). The van der Waals surface area contributed by atoms with Gasteiger partial charge in [-0.25, -0.2) is 0 Å². The molecule has 0 aliphatic rings. The van der Waals surface area contributed by atoms with Gasteiger partial charge in [-0.2, -0.15) is 0 Å². The number of nitrogens with zero attached hydrogens (tertiary/aromatic N) is 1. The lowest BCUT2D eigenvalue weighted by Crippen LogP contribution is -2.35. The molecule has 3 aromatic rings. The van der Waals surface area contributed by atoms with E-state index in [0.29, 0.717) is 16.1 Å². The number of aromatic nitrogens is 1. The van der Waals surface area contributed by atoms with E-state index in [0.717, 1.165) is 16.5 Å². The fourth-order valence-electron chi connectivity index (χ4n) is 2.87. The van der Waals surface area contributed by atoms with E-state index in [4.69, 9.17) is 11.6 Å². The average molecular weight is 371 g/mol. The first-order chi connectivity index (χ1) is 12.5. The fraction of sp³-hybridized carbons (Fsp3) is 0.200. The van der Waals surface area contributed by atoms with Crippen LogP contribution >= 0.6 is 11.6 Å². The van der Waals surface area contributed by atoms with Crippen molar-refractivity contribution in [3.05, 3.63) is 80.6 Å². The molecule has 0 bridgehead atoms. The third-order valence-corrected chi connectivity index (χ3v) is 4.40. The number of rotatable bonds is 5. The second-order valence-electron chi connectivity index (χ2n) is 6.18. The molecule has 0 radical (unpaired) electrons. The van der Waals surface area contributed by atoms with Crippen LogP contribution in [0.3, 0.4) is 0 Å². The van der Waals surface area contributed by atoms with Crippen LogP contribution < -0.4 is 5.56 Å². The maximum Gasteiger partial charge on any atom is 0.254 e. The molecule has 2 aromatic carbocycles. The van der Waals surface area contributed by atoms with Crippen molar-refractivity contribution in [2.24, 2.45) is 0 Å². The van der Waals surface area contributed by atoms with Crippen molar-refractivity contribution in [1.29, 1.82) is 0 Å². The van der Waals surface area contributed by atoms with E-state index in [9.17, 15) is 14.7 Å². The molecule has 134 valence electrons. The summed E-state index contributed by atoms with van der Waals surface area (Å²) in [6.45, 7) is 2.00. The molecule has 5 nitrogen and oxygen atoms in total. The molecule has 26 heavy (non-hydrogen) atoms. The minimum absolute atomic E-state index is 0.102. The number of aryl methyl sites for hydroxylation is 1. The van der Waals surface area contributed by atoms with Crippen LogP contribution in [-0.4, -0.2) is 34.0 Å². The topological polar surface area (TPSA) is 73.4 Å². The van der Waals surface area contributed by atoms with Crippen molar-refractivity contribution in [3.63, 3.8) is 0 Å². The molecule has 0 unspecified atom stereocenters. The van der Waals surface area contributed by atoms with Crippen LogP contribution in [0.25, 0.3) is 10.9 Å². The number of hydrogen-bond acceptors (Lipinski definition) is 3. The van der Waals surface area contributed by atoms with Gasteiger partial charge in [0.05, 0.1) is 13.2 Å². The van der Waals surface area contributed by atoms with Gasteiger partial charge in [-0.05, 0) is 48.7 Å². The van der Waals surface area contributed by atoms with E-state index in [-0.39, 0.29) is 31.2 Å². The molecule has 0 atom stereocenters. The highest BCUT2D eigenvalue weighted by Gasteiger charge is 2.18. The molecule has 0 aliphatic heterocycles. The molecule has 0 saturated carbocycles. The lowest BCUT2D eigenvalue weighted by Gasteiger charge is -2.22. The largest absolute Gasteiger partial charge is 0.395 e. The Morgan fingerprint density at radius 2 is 2.00 bits per heavy atom. The van der Waals surface area contributed by atoms with E-state index < -0.39 is 0 Å². The molecule has 0 aliphatic carbocycles. The van der Waals surface area contributed by atoms with Crippen LogP contribution in [0, 0.1) is 6.92 Å². The first-order valence-electron chi connectivity index (χ1n) is 8.26. The van der Waals surface area contributed by atoms with Crippen LogP contribution in [-0.2, 0) is 6.54 Å². The van der Waals surface area contributed by atoms with Crippen molar-refractivity contribution in [2.45, 2.75) is 13.5 Å². The Kier molecular flexibility index (Phi) is 5.40. The number of hydrogen-bond donors (Lipinski definition) is 2. The maximum atomic E-state index is 12.8. The number of carbonyl (C=O) groups is 1. The number of pyridine rings is 1. The van der Waals surface area contributed by atoms with E-state index in [1.165, 1.54) is 4.90 Å². The van der Waals surface area contributed by atoms with E-state index in [2.05, 4.69) is 4.98 Å². The normalized spacial score (nSPS) is 10.9. The van der Waals surface area contributed by atoms with Gasteiger partial charge in [-0.1, -0.05) is 29.3 Å². The lowest BCUT2D eigenvalue weighted by molar-refractivity contribution is 0.0707. The van der Waals surface area contributed by atoms with Crippen molar-refractivity contribution in [2.75, 3.05) is 13.2 Å². The standard InChI is InChI=1S/C20H19ClN2O3/c1-13-5-6-18-15(9-13)10-16(19(25)22-18)12-23(7-8-24)20(26)14-3-2-4-17(21)11-14/h2-6,9-11,24H,7-8,12H2,1H3,(H,22,25). The van der Waals surface area contributed by atoms with Gasteiger partial charge in [0, 0.05) is 28.2 Å². The number of aliphatic hydroxyl groups excluding tert-OH is 1. The van der Waals surface area contributed by atoms with Gasteiger partial charge in [0.15, 0.2) is 0 Å². The summed E-state index contributed by atoms with van der Waals surface area (Å²) in [5.74, 6) is -0.287. The summed E-state index contributed by atoms with van der Waals surface area (Å²) in [6, 6.07) is 14.2. The van der Waals surface area contributed by atoms with Gasteiger partial charge in [0.25, 0.3) is 11.5 Å². The highest BCUT2D eigenvalue weighted by atomic mass is 35.5. The Morgan fingerprint density at radius 1 is 1.19 bits per heavy atom. The number of amides is 1. The Morgan fingerprint density at radius 3 is 2.73 bits per heavy atom. The third-order valence-electron chi connectivity index (χ3n) is 4.17. The molecule has 1 aromatic heterocycles. The van der Waals surface area contributed by atoms with Crippen LogP contribution in [0.5, 0.6) is 0 Å². The number of H-pyrrole nitrogens is 1. The summed E-state index contributed by atoms with van der Waals surface area (Å²) in [7, 11) is 0. The summed E-state index contributed by atoms with van der Waals surface area (Å²) in [4.78, 5) is 29.4. The number of carbonyl (C=O) groups excluding carboxylic acids is 1. The predicted octanol–water partition coefficient (Wildman–Crippen LogP) is 3.12. The van der Waals surface area contributed by atoms with E-state index in [1.54, 1.807) is 30.3 Å². The Hall–Kier alpha value is -2.63. The third kappa shape index (κ3) is 3.95. The zero-order valence-corrected chi connectivity index (χ0v) is 15.1. The van der Waals surface area contributed by atoms with Gasteiger partial charge < -0.3 is 15.0 Å². The first-order valence-corrected chi connectivity index (χ1v) is 8.64. The molecular weight excluding hydrogens is 352 g/mol. The number of aliphatic hydroxyl groups is 1.